The van der Waals surface area contributed by atoms with E-state index in [1.807, 2.05) is 31.4 Å². The molecule has 25 heavy (non-hydrogen) atoms. The number of hydrogen-bond acceptors (Lipinski definition) is 6. The first kappa shape index (κ1) is 17.4. The van der Waals surface area contributed by atoms with E-state index in [1.54, 1.807) is 11.1 Å². The van der Waals surface area contributed by atoms with Gasteiger partial charge in [-0.2, -0.15) is 0 Å². The predicted molar refractivity (Wildman–Crippen MR) is 94.8 cm³/mol. The van der Waals surface area contributed by atoms with Gasteiger partial charge in [-0.3, -0.25) is 4.40 Å². The van der Waals surface area contributed by atoms with Crippen molar-refractivity contribution in [1.82, 2.24) is 24.5 Å². The normalized spacial score (nSPS) is 16.2. The first-order chi connectivity index (χ1) is 11.9. The average molecular weight is 346 g/mol. The third kappa shape index (κ3) is 3.83. The fraction of sp³-hybridized carbons (Fsp3) is 0.647. The van der Waals surface area contributed by atoms with Crippen LogP contribution in [0.2, 0.25) is 0 Å². The SMILES string of the molecule is CCc1nnc2c(N3CCCN(C(=O)OC(C)(C)C)CC3)nccn12. The number of anilines is 1. The van der Waals surface area contributed by atoms with E-state index in [-0.39, 0.29) is 6.09 Å². The molecule has 1 fully saturated rings. The molecular weight excluding hydrogens is 320 g/mol. The van der Waals surface area contributed by atoms with Crippen molar-refractivity contribution in [3.05, 3.63) is 18.2 Å². The molecule has 0 unspecified atom stereocenters. The van der Waals surface area contributed by atoms with Gasteiger partial charge < -0.3 is 14.5 Å². The van der Waals surface area contributed by atoms with Gasteiger partial charge in [-0.1, -0.05) is 6.92 Å². The van der Waals surface area contributed by atoms with Gasteiger partial charge in [0.05, 0.1) is 0 Å². The van der Waals surface area contributed by atoms with Crippen LogP contribution in [0.1, 0.15) is 39.9 Å². The minimum absolute atomic E-state index is 0.253. The molecule has 3 heterocycles. The molecule has 1 aliphatic heterocycles. The number of carbonyl (C=O) groups excluding carboxylic acids is 1. The van der Waals surface area contributed by atoms with Crippen molar-refractivity contribution in [1.29, 1.82) is 0 Å². The Kier molecular flexibility index (Phi) is 4.78. The van der Waals surface area contributed by atoms with E-state index in [0.717, 1.165) is 36.7 Å². The zero-order valence-corrected chi connectivity index (χ0v) is 15.4. The van der Waals surface area contributed by atoms with E-state index in [4.69, 9.17) is 4.74 Å². The molecule has 8 nitrogen and oxygen atoms in total. The zero-order chi connectivity index (χ0) is 18.0. The first-order valence-electron chi connectivity index (χ1n) is 8.80. The Balaban J connectivity index is 1.76. The van der Waals surface area contributed by atoms with E-state index in [9.17, 15) is 4.79 Å². The molecule has 1 aliphatic rings. The molecule has 0 aromatic carbocycles. The quantitative estimate of drug-likeness (QED) is 0.829. The Bertz CT molecular complexity index is 751. The van der Waals surface area contributed by atoms with Crippen molar-refractivity contribution in [3.8, 4) is 0 Å². The summed E-state index contributed by atoms with van der Waals surface area (Å²) >= 11 is 0. The maximum atomic E-state index is 12.3. The highest BCUT2D eigenvalue weighted by atomic mass is 16.6. The summed E-state index contributed by atoms with van der Waals surface area (Å²) in [7, 11) is 0. The number of fused-ring (bicyclic) bond motifs is 1. The van der Waals surface area contributed by atoms with Crippen LogP contribution in [0.15, 0.2) is 12.4 Å². The summed E-state index contributed by atoms with van der Waals surface area (Å²) in [6, 6.07) is 0. The molecule has 0 saturated carbocycles. The van der Waals surface area contributed by atoms with Crippen molar-refractivity contribution in [3.63, 3.8) is 0 Å². The van der Waals surface area contributed by atoms with Crippen LogP contribution >= 0.6 is 0 Å². The van der Waals surface area contributed by atoms with Crippen LogP contribution in [0.4, 0.5) is 10.6 Å². The number of ether oxygens (including phenoxy) is 1. The summed E-state index contributed by atoms with van der Waals surface area (Å²) in [6.45, 7) is 10.5. The summed E-state index contributed by atoms with van der Waals surface area (Å²) in [6.07, 6.45) is 5.09. The second-order valence-corrected chi connectivity index (χ2v) is 7.22. The van der Waals surface area contributed by atoms with E-state index >= 15 is 0 Å². The highest BCUT2D eigenvalue weighted by Crippen LogP contribution is 2.20. The second-order valence-electron chi connectivity index (χ2n) is 7.22. The largest absolute Gasteiger partial charge is 0.444 e. The Morgan fingerprint density at radius 1 is 1.20 bits per heavy atom. The number of nitrogens with zero attached hydrogens (tertiary/aromatic N) is 6. The lowest BCUT2D eigenvalue weighted by atomic mass is 10.2. The van der Waals surface area contributed by atoms with Gasteiger partial charge in [0.2, 0.25) is 5.65 Å². The fourth-order valence-electron chi connectivity index (χ4n) is 2.96. The third-order valence-electron chi connectivity index (χ3n) is 4.14. The van der Waals surface area contributed by atoms with Gasteiger partial charge in [-0.15, -0.1) is 10.2 Å². The summed E-state index contributed by atoms with van der Waals surface area (Å²) in [4.78, 5) is 20.8. The van der Waals surface area contributed by atoms with Gasteiger partial charge >= 0.3 is 6.09 Å². The number of aryl methyl sites for hydroxylation is 1. The number of rotatable bonds is 2. The summed E-state index contributed by atoms with van der Waals surface area (Å²) in [5, 5.41) is 8.54. The Morgan fingerprint density at radius 3 is 2.72 bits per heavy atom. The van der Waals surface area contributed by atoms with Crippen LogP contribution in [0, 0.1) is 0 Å². The van der Waals surface area contributed by atoms with Gasteiger partial charge in [-0.25, -0.2) is 9.78 Å². The third-order valence-corrected chi connectivity index (χ3v) is 4.14. The maximum absolute atomic E-state index is 12.3. The Labute approximate surface area is 147 Å². The zero-order valence-electron chi connectivity index (χ0n) is 15.4. The number of carbonyl (C=O) groups is 1. The molecule has 0 radical (unpaired) electrons. The highest BCUT2D eigenvalue weighted by molar-refractivity contribution is 5.69. The van der Waals surface area contributed by atoms with E-state index in [0.29, 0.717) is 19.6 Å². The molecule has 2 aromatic rings. The lowest BCUT2D eigenvalue weighted by molar-refractivity contribution is 0.0263. The van der Waals surface area contributed by atoms with Crippen LogP contribution < -0.4 is 4.90 Å². The van der Waals surface area contributed by atoms with Gasteiger partial charge in [0.15, 0.2) is 5.82 Å². The predicted octanol–water partition coefficient (Wildman–Crippen LogP) is 2.13. The highest BCUT2D eigenvalue weighted by Gasteiger charge is 2.25. The number of amides is 1. The van der Waals surface area contributed by atoms with Crippen LogP contribution in [0.5, 0.6) is 0 Å². The van der Waals surface area contributed by atoms with Crippen LogP contribution in [0.3, 0.4) is 0 Å². The van der Waals surface area contributed by atoms with Crippen molar-refractivity contribution < 1.29 is 9.53 Å². The average Bonchev–Trinajstić information content (AvgIpc) is 2.81. The minimum Gasteiger partial charge on any atom is -0.444 e. The number of hydrogen-bond donors (Lipinski definition) is 0. The fourth-order valence-corrected chi connectivity index (χ4v) is 2.96. The summed E-state index contributed by atoms with van der Waals surface area (Å²) in [5.41, 5.74) is 0.291. The van der Waals surface area contributed by atoms with Gasteiger partial charge in [-0.05, 0) is 27.2 Å². The molecule has 0 aliphatic carbocycles. The van der Waals surface area contributed by atoms with E-state index < -0.39 is 5.60 Å². The van der Waals surface area contributed by atoms with Crippen LogP contribution in [0.25, 0.3) is 5.65 Å². The van der Waals surface area contributed by atoms with Crippen molar-refractivity contribution in [2.75, 3.05) is 31.1 Å². The standard InChI is InChI=1S/C17H26N6O2/c1-5-13-19-20-15-14(18-7-10-23(13)15)21-8-6-9-22(12-11-21)16(24)25-17(2,3)4/h7,10H,5-6,8-9,11-12H2,1-4H3. The van der Waals surface area contributed by atoms with Crippen LogP contribution in [-0.4, -0.2) is 62.4 Å². The van der Waals surface area contributed by atoms with Gasteiger partial charge in [0.1, 0.15) is 11.4 Å². The molecule has 3 rings (SSSR count). The molecular formula is C17H26N6O2. The van der Waals surface area contributed by atoms with E-state index in [2.05, 4.69) is 27.0 Å². The molecule has 0 spiro atoms. The number of aromatic nitrogens is 4. The minimum atomic E-state index is -0.478. The van der Waals surface area contributed by atoms with Crippen molar-refractivity contribution in [2.24, 2.45) is 0 Å². The molecule has 1 amide bonds. The Morgan fingerprint density at radius 2 is 2.00 bits per heavy atom. The lowest BCUT2D eigenvalue weighted by Crippen LogP contribution is -2.39. The van der Waals surface area contributed by atoms with Crippen molar-refractivity contribution >= 4 is 17.6 Å². The topological polar surface area (TPSA) is 75.9 Å². The second kappa shape index (κ2) is 6.85. The summed E-state index contributed by atoms with van der Waals surface area (Å²) < 4.78 is 7.47. The molecule has 1 saturated heterocycles. The van der Waals surface area contributed by atoms with Gasteiger partial charge in [0, 0.05) is 45.0 Å². The van der Waals surface area contributed by atoms with E-state index in [1.165, 1.54) is 0 Å². The first-order valence-corrected chi connectivity index (χ1v) is 8.80. The Hall–Kier alpha value is -2.38. The summed E-state index contributed by atoms with van der Waals surface area (Å²) in [5.74, 6) is 1.74. The monoisotopic (exact) mass is 346 g/mol. The van der Waals surface area contributed by atoms with Crippen LogP contribution in [-0.2, 0) is 11.2 Å². The molecule has 136 valence electrons. The molecule has 8 heteroatoms. The maximum Gasteiger partial charge on any atom is 0.410 e. The molecule has 2 aromatic heterocycles. The molecule has 0 N–H and O–H groups in total. The molecule has 0 bridgehead atoms. The smallest absolute Gasteiger partial charge is 0.410 e. The van der Waals surface area contributed by atoms with Crippen molar-refractivity contribution in [2.45, 2.75) is 46.1 Å². The lowest BCUT2D eigenvalue weighted by Gasteiger charge is -2.26. The molecule has 0 atom stereocenters. The van der Waals surface area contributed by atoms with Gasteiger partial charge in [0.25, 0.3) is 0 Å².